The van der Waals surface area contributed by atoms with Gasteiger partial charge in [-0.15, -0.1) is 0 Å². The minimum absolute atomic E-state index is 0.299. The molecule has 1 aliphatic carbocycles. The number of nitrogens with two attached hydrogens (primary N) is 1. The molecule has 0 aromatic heterocycles. The molecule has 1 aromatic rings. The van der Waals surface area contributed by atoms with E-state index in [9.17, 15) is 0 Å². The summed E-state index contributed by atoms with van der Waals surface area (Å²) in [4.78, 5) is 2.54. The molecular weight excluding hydrogens is 248 g/mol. The van der Waals surface area contributed by atoms with Crippen molar-refractivity contribution in [2.45, 2.75) is 50.8 Å². The van der Waals surface area contributed by atoms with E-state index in [1.54, 1.807) is 0 Å². The van der Waals surface area contributed by atoms with Crippen LogP contribution in [0.2, 0.25) is 0 Å². The maximum Gasteiger partial charge on any atom is 0.0675 e. The van der Waals surface area contributed by atoms with Crippen LogP contribution in [0.3, 0.4) is 0 Å². The molecule has 3 heteroatoms. The molecule has 3 unspecified atom stereocenters. The van der Waals surface area contributed by atoms with Crippen molar-refractivity contribution in [3.63, 3.8) is 0 Å². The highest BCUT2D eigenvalue weighted by molar-refractivity contribution is 5.36. The summed E-state index contributed by atoms with van der Waals surface area (Å²) in [5, 5.41) is 0. The number of ether oxygens (including phenoxy) is 1. The van der Waals surface area contributed by atoms with Crippen LogP contribution in [0.5, 0.6) is 0 Å². The molecule has 3 nitrogen and oxygen atoms in total. The predicted molar refractivity (Wildman–Crippen MR) is 81.8 cm³/mol. The van der Waals surface area contributed by atoms with Crippen LogP contribution in [0, 0.1) is 0 Å². The second-order valence-electron chi connectivity index (χ2n) is 6.34. The Morgan fingerprint density at radius 2 is 2.05 bits per heavy atom. The topological polar surface area (TPSA) is 38.5 Å². The smallest absolute Gasteiger partial charge is 0.0675 e. The van der Waals surface area contributed by atoms with Gasteiger partial charge in [-0.05, 0) is 43.7 Å². The van der Waals surface area contributed by atoms with E-state index >= 15 is 0 Å². The summed E-state index contributed by atoms with van der Waals surface area (Å²) in [5.41, 5.74) is 9.12. The van der Waals surface area contributed by atoms with Crippen molar-refractivity contribution in [3.05, 3.63) is 35.4 Å². The number of rotatable bonds is 4. The normalized spacial score (nSPS) is 29.4. The van der Waals surface area contributed by atoms with Crippen LogP contribution in [0.15, 0.2) is 24.3 Å². The predicted octanol–water partition coefficient (Wildman–Crippen LogP) is 2.67. The van der Waals surface area contributed by atoms with E-state index in [0.717, 1.165) is 19.1 Å². The quantitative estimate of drug-likeness (QED) is 0.917. The average molecular weight is 274 g/mol. The first kappa shape index (κ1) is 14.1. The molecule has 1 heterocycles. The van der Waals surface area contributed by atoms with Crippen LogP contribution < -0.4 is 5.73 Å². The second-order valence-corrected chi connectivity index (χ2v) is 6.34. The van der Waals surface area contributed by atoms with E-state index in [2.05, 4.69) is 43.0 Å². The SMILES string of the molecule is CC1CN(C(CN)c2ccccc2C2CC2)C(C)CO1. The number of nitrogens with zero attached hydrogens (tertiary/aromatic N) is 1. The Kier molecular flexibility index (Phi) is 4.11. The van der Waals surface area contributed by atoms with Crippen LogP contribution in [0.4, 0.5) is 0 Å². The van der Waals surface area contributed by atoms with Gasteiger partial charge in [-0.1, -0.05) is 24.3 Å². The van der Waals surface area contributed by atoms with Crippen LogP contribution in [0.1, 0.15) is 49.8 Å². The van der Waals surface area contributed by atoms with Gasteiger partial charge in [0.15, 0.2) is 0 Å². The van der Waals surface area contributed by atoms with Crippen molar-refractivity contribution in [3.8, 4) is 0 Å². The Morgan fingerprint density at radius 1 is 1.30 bits per heavy atom. The molecule has 0 radical (unpaired) electrons. The van der Waals surface area contributed by atoms with Crippen molar-refractivity contribution in [1.82, 2.24) is 4.90 Å². The fourth-order valence-corrected chi connectivity index (χ4v) is 3.38. The highest BCUT2D eigenvalue weighted by Gasteiger charge is 2.33. The lowest BCUT2D eigenvalue weighted by Crippen LogP contribution is -2.50. The van der Waals surface area contributed by atoms with Crippen molar-refractivity contribution >= 4 is 0 Å². The molecule has 1 aliphatic heterocycles. The average Bonchev–Trinajstić information content (AvgIpc) is 3.28. The molecule has 0 spiro atoms. The third-order valence-electron chi connectivity index (χ3n) is 4.65. The van der Waals surface area contributed by atoms with Crippen molar-refractivity contribution in [2.75, 3.05) is 19.7 Å². The molecule has 1 saturated heterocycles. The van der Waals surface area contributed by atoms with E-state index in [1.165, 1.54) is 24.0 Å². The first-order valence-electron chi connectivity index (χ1n) is 7.87. The van der Waals surface area contributed by atoms with Gasteiger partial charge in [0.25, 0.3) is 0 Å². The molecule has 110 valence electrons. The number of hydrogen-bond acceptors (Lipinski definition) is 3. The Bertz CT molecular complexity index is 458. The Hall–Kier alpha value is -0.900. The Labute approximate surface area is 122 Å². The molecule has 3 atom stereocenters. The zero-order valence-corrected chi connectivity index (χ0v) is 12.6. The maximum absolute atomic E-state index is 6.15. The zero-order valence-electron chi connectivity index (χ0n) is 12.6. The van der Waals surface area contributed by atoms with Crippen LogP contribution in [0.25, 0.3) is 0 Å². The lowest BCUT2D eigenvalue weighted by molar-refractivity contribution is -0.0655. The van der Waals surface area contributed by atoms with Gasteiger partial charge in [-0.2, -0.15) is 0 Å². The highest BCUT2D eigenvalue weighted by atomic mass is 16.5. The highest BCUT2D eigenvalue weighted by Crippen LogP contribution is 2.44. The van der Waals surface area contributed by atoms with Gasteiger partial charge in [0.1, 0.15) is 0 Å². The molecule has 2 N–H and O–H groups in total. The van der Waals surface area contributed by atoms with Crippen LogP contribution in [-0.2, 0) is 4.74 Å². The molecule has 0 bridgehead atoms. The lowest BCUT2D eigenvalue weighted by Gasteiger charge is -2.42. The van der Waals surface area contributed by atoms with Crippen LogP contribution >= 0.6 is 0 Å². The van der Waals surface area contributed by atoms with Gasteiger partial charge in [0, 0.05) is 25.2 Å². The molecule has 2 fully saturated rings. The monoisotopic (exact) mass is 274 g/mol. The number of morpholine rings is 1. The van der Waals surface area contributed by atoms with E-state index in [0.29, 0.717) is 24.7 Å². The number of hydrogen-bond donors (Lipinski definition) is 1. The third kappa shape index (κ3) is 2.76. The van der Waals surface area contributed by atoms with Crippen molar-refractivity contribution in [1.29, 1.82) is 0 Å². The third-order valence-corrected chi connectivity index (χ3v) is 4.65. The largest absolute Gasteiger partial charge is 0.376 e. The lowest BCUT2D eigenvalue weighted by atomic mass is 9.94. The van der Waals surface area contributed by atoms with Gasteiger partial charge in [0.05, 0.1) is 12.7 Å². The van der Waals surface area contributed by atoms with E-state index in [-0.39, 0.29) is 0 Å². The summed E-state index contributed by atoms with van der Waals surface area (Å²) in [6.45, 7) is 6.86. The first-order chi connectivity index (χ1) is 9.70. The molecule has 1 saturated carbocycles. The van der Waals surface area contributed by atoms with E-state index in [4.69, 9.17) is 10.5 Å². The first-order valence-corrected chi connectivity index (χ1v) is 7.87. The summed E-state index contributed by atoms with van der Waals surface area (Å²) in [6, 6.07) is 9.65. The van der Waals surface area contributed by atoms with Gasteiger partial charge in [-0.3, -0.25) is 4.90 Å². The molecular formula is C17H26N2O. The summed E-state index contributed by atoms with van der Waals surface area (Å²) in [7, 11) is 0. The minimum atomic E-state index is 0.299. The number of benzene rings is 1. The summed E-state index contributed by atoms with van der Waals surface area (Å²) < 4.78 is 5.76. The molecule has 1 aromatic carbocycles. The second kappa shape index (κ2) is 5.84. The van der Waals surface area contributed by atoms with Gasteiger partial charge < -0.3 is 10.5 Å². The summed E-state index contributed by atoms with van der Waals surface area (Å²) in [6.07, 6.45) is 2.97. The standard InChI is InChI=1S/C17H26N2O/c1-12-11-20-13(2)10-19(12)17(9-18)16-6-4-3-5-15(16)14-7-8-14/h3-6,12-14,17H,7-11,18H2,1-2H3. The Morgan fingerprint density at radius 3 is 2.75 bits per heavy atom. The Balaban J connectivity index is 1.89. The summed E-state index contributed by atoms with van der Waals surface area (Å²) >= 11 is 0. The van der Waals surface area contributed by atoms with Gasteiger partial charge in [0.2, 0.25) is 0 Å². The fourth-order valence-electron chi connectivity index (χ4n) is 3.38. The van der Waals surface area contributed by atoms with Crippen LogP contribution in [-0.4, -0.2) is 36.7 Å². The zero-order chi connectivity index (χ0) is 14.1. The van der Waals surface area contributed by atoms with Crippen molar-refractivity contribution in [2.24, 2.45) is 5.73 Å². The summed E-state index contributed by atoms with van der Waals surface area (Å²) in [5.74, 6) is 0.772. The fraction of sp³-hybridized carbons (Fsp3) is 0.647. The molecule has 3 rings (SSSR count). The molecule has 0 amide bonds. The van der Waals surface area contributed by atoms with E-state index < -0.39 is 0 Å². The van der Waals surface area contributed by atoms with Crippen molar-refractivity contribution < 1.29 is 4.74 Å². The van der Waals surface area contributed by atoms with Gasteiger partial charge >= 0.3 is 0 Å². The van der Waals surface area contributed by atoms with E-state index in [1.807, 2.05) is 0 Å². The molecule has 20 heavy (non-hydrogen) atoms. The minimum Gasteiger partial charge on any atom is -0.376 e. The maximum atomic E-state index is 6.15. The molecule has 2 aliphatic rings. The van der Waals surface area contributed by atoms with Gasteiger partial charge in [-0.25, -0.2) is 0 Å².